The van der Waals surface area contributed by atoms with Gasteiger partial charge >= 0.3 is 12.1 Å². The van der Waals surface area contributed by atoms with Crippen LogP contribution in [0.1, 0.15) is 36.3 Å². The molecule has 1 N–H and O–H groups in total. The largest absolute Gasteiger partial charge is 0.469 e. The van der Waals surface area contributed by atoms with Gasteiger partial charge in [0.05, 0.1) is 25.2 Å². The summed E-state index contributed by atoms with van der Waals surface area (Å²) in [4.78, 5) is 13.7. The van der Waals surface area contributed by atoms with Crippen LogP contribution in [0.15, 0.2) is 18.2 Å². The summed E-state index contributed by atoms with van der Waals surface area (Å²) < 4.78 is 49.9. The van der Waals surface area contributed by atoms with Crippen molar-refractivity contribution in [1.29, 1.82) is 0 Å². The lowest BCUT2D eigenvalue weighted by molar-refractivity contribution is -0.146. The average molecular weight is 400 g/mol. The lowest BCUT2D eigenvalue weighted by Gasteiger charge is -2.35. The Hall–Kier alpha value is -1.80. The highest BCUT2D eigenvalue weighted by molar-refractivity contribution is 5.73. The van der Waals surface area contributed by atoms with Crippen molar-refractivity contribution in [2.45, 2.75) is 37.4 Å². The van der Waals surface area contributed by atoms with Crippen LogP contribution in [-0.4, -0.2) is 52.5 Å². The van der Waals surface area contributed by atoms with Gasteiger partial charge in [-0.05, 0) is 42.9 Å². The van der Waals surface area contributed by atoms with Crippen LogP contribution < -0.4 is 10.2 Å². The molecule has 0 amide bonds. The Morgan fingerprint density at radius 3 is 2.57 bits per heavy atom. The zero-order valence-electron chi connectivity index (χ0n) is 16.2. The van der Waals surface area contributed by atoms with E-state index in [-0.39, 0.29) is 23.8 Å². The second-order valence-corrected chi connectivity index (χ2v) is 7.55. The van der Waals surface area contributed by atoms with E-state index < -0.39 is 11.7 Å². The van der Waals surface area contributed by atoms with Crippen LogP contribution in [0.25, 0.3) is 0 Å². The molecule has 0 radical (unpaired) electrons. The molecule has 0 aromatic heterocycles. The van der Waals surface area contributed by atoms with Crippen molar-refractivity contribution in [3.05, 3.63) is 29.3 Å². The number of hydrogen-bond donors (Lipinski definition) is 1. The predicted molar refractivity (Wildman–Crippen MR) is 99.4 cm³/mol. The van der Waals surface area contributed by atoms with Crippen molar-refractivity contribution < 1.29 is 27.4 Å². The van der Waals surface area contributed by atoms with Gasteiger partial charge in [-0.2, -0.15) is 13.2 Å². The Morgan fingerprint density at radius 1 is 1.25 bits per heavy atom. The van der Waals surface area contributed by atoms with Crippen molar-refractivity contribution in [3.63, 3.8) is 0 Å². The highest BCUT2D eigenvalue weighted by atomic mass is 19.4. The summed E-state index contributed by atoms with van der Waals surface area (Å²) in [6.45, 7) is 2.37. The highest BCUT2D eigenvalue weighted by Gasteiger charge is 2.35. The first-order valence-corrected chi connectivity index (χ1v) is 9.59. The van der Waals surface area contributed by atoms with E-state index in [4.69, 9.17) is 9.47 Å². The Balaban J connectivity index is 1.84. The second-order valence-electron chi connectivity index (χ2n) is 7.55. The van der Waals surface area contributed by atoms with Gasteiger partial charge in [-0.25, -0.2) is 0 Å². The second kappa shape index (κ2) is 8.69. The monoisotopic (exact) mass is 400 g/mol. The average Bonchev–Trinajstić information content (AvgIpc) is 3.15. The van der Waals surface area contributed by atoms with Gasteiger partial charge in [0.1, 0.15) is 0 Å². The first kappa shape index (κ1) is 20.9. The van der Waals surface area contributed by atoms with Crippen LogP contribution in [0.4, 0.5) is 18.9 Å². The van der Waals surface area contributed by atoms with Gasteiger partial charge in [0.15, 0.2) is 0 Å². The highest BCUT2D eigenvalue weighted by Crippen LogP contribution is 2.39. The molecule has 3 rings (SSSR count). The summed E-state index contributed by atoms with van der Waals surface area (Å²) >= 11 is 0. The fourth-order valence-corrected chi connectivity index (χ4v) is 4.25. The maximum absolute atomic E-state index is 13.3. The molecule has 0 aliphatic carbocycles. The molecule has 1 aromatic rings. The Bertz CT molecular complexity index is 688. The van der Waals surface area contributed by atoms with Gasteiger partial charge in [0, 0.05) is 38.5 Å². The third-order valence-corrected chi connectivity index (χ3v) is 5.76. The van der Waals surface area contributed by atoms with Gasteiger partial charge in [0.25, 0.3) is 0 Å². The van der Waals surface area contributed by atoms with Crippen LogP contribution in [0, 0.1) is 5.92 Å². The number of piperidine rings is 1. The van der Waals surface area contributed by atoms with E-state index in [0.717, 1.165) is 12.0 Å². The number of halogens is 3. The molecule has 2 atom stereocenters. The summed E-state index contributed by atoms with van der Waals surface area (Å²) in [5.74, 6) is -0.295. The number of esters is 1. The van der Waals surface area contributed by atoms with E-state index in [0.29, 0.717) is 44.8 Å². The molecule has 0 spiro atoms. The third-order valence-electron chi connectivity index (χ3n) is 5.76. The number of anilines is 1. The van der Waals surface area contributed by atoms with Crippen LogP contribution in [0.5, 0.6) is 0 Å². The Kier molecular flexibility index (Phi) is 6.50. The van der Waals surface area contributed by atoms with Crippen LogP contribution >= 0.6 is 0 Å². The predicted octanol–water partition coefficient (Wildman–Crippen LogP) is 3.19. The SMILES string of the molecule is COC[C@@H]1C[C@@H](c2ccc(C(F)(F)F)cc2N2CCC(C(=O)OC)CC2)CN1. The number of methoxy groups -OCH3 is 2. The minimum atomic E-state index is -4.38. The minimum absolute atomic E-state index is 0.135. The molecule has 156 valence electrons. The maximum atomic E-state index is 13.3. The molecule has 8 heteroatoms. The quantitative estimate of drug-likeness (QED) is 0.770. The van der Waals surface area contributed by atoms with Crippen LogP contribution in [-0.2, 0) is 20.4 Å². The van der Waals surface area contributed by atoms with E-state index in [9.17, 15) is 18.0 Å². The number of ether oxygens (including phenoxy) is 2. The molecule has 0 unspecified atom stereocenters. The normalized spacial score (nSPS) is 23.8. The molecule has 28 heavy (non-hydrogen) atoms. The molecular weight excluding hydrogens is 373 g/mol. The fourth-order valence-electron chi connectivity index (χ4n) is 4.25. The minimum Gasteiger partial charge on any atom is -0.469 e. The number of benzene rings is 1. The van der Waals surface area contributed by atoms with Crippen molar-refractivity contribution >= 4 is 11.7 Å². The summed E-state index contributed by atoms with van der Waals surface area (Å²) in [5, 5.41) is 3.38. The van der Waals surface area contributed by atoms with Crippen molar-refractivity contribution in [3.8, 4) is 0 Å². The fraction of sp³-hybridized carbons (Fsp3) is 0.650. The number of carbonyl (C=O) groups is 1. The maximum Gasteiger partial charge on any atom is 0.416 e. The van der Waals surface area contributed by atoms with E-state index >= 15 is 0 Å². The smallest absolute Gasteiger partial charge is 0.416 e. The molecule has 1 aromatic carbocycles. The van der Waals surface area contributed by atoms with E-state index in [1.807, 2.05) is 4.90 Å². The number of alkyl halides is 3. The molecular formula is C20H27F3N2O3. The molecule has 0 bridgehead atoms. The van der Waals surface area contributed by atoms with Crippen LogP contribution in [0.3, 0.4) is 0 Å². The number of nitrogens with one attached hydrogen (secondary N) is 1. The standard InChI is InChI=1S/C20H27F3N2O3/c1-27-12-16-9-14(11-24-16)17-4-3-15(20(21,22)23)10-18(17)25-7-5-13(6-8-25)19(26)28-2/h3-4,10,13-14,16,24H,5-9,11-12H2,1-2H3/t14-,16+/m1/s1. The number of nitrogens with zero attached hydrogens (tertiary/aromatic N) is 1. The van der Waals surface area contributed by atoms with Gasteiger partial charge in [-0.1, -0.05) is 6.07 Å². The van der Waals surface area contributed by atoms with Gasteiger partial charge in [0.2, 0.25) is 0 Å². The van der Waals surface area contributed by atoms with E-state index in [1.165, 1.54) is 19.2 Å². The van der Waals surface area contributed by atoms with Gasteiger partial charge < -0.3 is 19.7 Å². The van der Waals surface area contributed by atoms with Crippen molar-refractivity contribution in [2.75, 3.05) is 45.4 Å². The van der Waals surface area contributed by atoms with Gasteiger partial charge in [-0.15, -0.1) is 0 Å². The summed E-state index contributed by atoms with van der Waals surface area (Å²) in [7, 11) is 3.01. The summed E-state index contributed by atoms with van der Waals surface area (Å²) in [6, 6.07) is 4.25. The molecule has 0 saturated carbocycles. The zero-order chi connectivity index (χ0) is 20.3. The Labute approximate surface area is 163 Å². The third kappa shape index (κ3) is 4.60. The molecule has 2 heterocycles. The molecule has 2 aliphatic rings. The van der Waals surface area contributed by atoms with Crippen molar-refractivity contribution in [2.24, 2.45) is 5.92 Å². The number of rotatable bonds is 5. The molecule has 2 aliphatic heterocycles. The number of carbonyl (C=O) groups excluding carboxylic acids is 1. The summed E-state index contributed by atoms with van der Waals surface area (Å²) in [5.41, 5.74) is 0.916. The number of hydrogen-bond acceptors (Lipinski definition) is 5. The van der Waals surface area contributed by atoms with Gasteiger partial charge in [-0.3, -0.25) is 4.79 Å². The topological polar surface area (TPSA) is 50.8 Å². The van der Waals surface area contributed by atoms with E-state index in [1.54, 1.807) is 13.2 Å². The van der Waals surface area contributed by atoms with E-state index in [2.05, 4.69) is 5.32 Å². The Morgan fingerprint density at radius 2 is 1.96 bits per heavy atom. The first-order valence-electron chi connectivity index (χ1n) is 9.59. The first-order chi connectivity index (χ1) is 13.3. The zero-order valence-corrected chi connectivity index (χ0v) is 16.2. The van der Waals surface area contributed by atoms with Crippen molar-refractivity contribution in [1.82, 2.24) is 5.32 Å². The van der Waals surface area contributed by atoms with Crippen LogP contribution in [0.2, 0.25) is 0 Å². The lowest BCUT2D eigenvalue weighted by Crippen LogP contribution is -2.37. The summed E-state index contributed by atoms with van der Waals surface area (Å²) in [6.07, 6.45) is -2.40. The molecule has 5 nitrogen and oxygen atoms in total. The lowest BCUT2D eigenvalue weighted by atomic mass is 9.91. The molecule has 2 fully saturated rings. The molecule has 2 saturated heterocycles.